The standard InChI is InChI=1S/C19H27S.2ClH.Ti/c1-6-20-19(14-16-9-7-8-10-16)12-11-15(2)13-17(19)18(3,4)5;;;/h7,9,11,13H,6,8,12,14H2,1-5H3;2*1H;/q-1;;;+3/p-2. The van der Waals surface area contributed by atoms with Crippen LogP contribution >= 0.6 is 11.8 Å². The van der Waals surface area contributed by atoms with Crippen LogP contribution in [0.5, 0.6) is 0 Å². The van der Waals surface area contributed by atoms with Crippen LogP contribution in [-0.2, 0) is 21.7 Å². The molecule has 1 unspecified atom stereocenters. The maximum absolute atomic E-state index is 3.51. The average molecular weight is 406 g/mol. The van der Waals surface area contributed by atoms with Gasteiger partial charge >= 0.3 is 21.7 Å². The fraction of sp³-hybridized carbons (Fsp3) is 0.579. The summed E-state index contributed by atoms with van der Waals surface area (Å²) in [7, 11) is 0. The van der Waals surface area contributed by atoms with Crippen molar-refractivity contribution in [2.24, 2.45) is 5.41 Å². The SMILES string of the molecule is CCSC1(CC2=[C-]CC=C2)CC=C(C)C=C1C(C)(C)C.[Cl-].[Cl-].[Ti+3]. The topological polar surface area (TPSA) is 0 Å². The van der Waals surface area contributed by atoms with Crippen LogP contribution in [0.1, 0.15) is 53.9 Å². The molecule has 0 nitrogen and oxygen atoms in total. The van der Waals surface area contributed by atoms with Crippen molar-refractivity contribution in [3.63, 3.8) is 0 Å². The molecular formula is C19H27Cl2STi. The molecule has 0 aromatic carbocycles. The predicted octanol–water partition coefficient (Wildman–Crippen LogP) is -0.114. The summed E-state index contributed by atoms with van der Waals surface area (Å²) in [4.78, 5) is 0. The average Bonchev–Trinajstić information content (AvgIpc) is 2.84. The van der Waals surface area contributed by atoms with Crippen LogP contribution < -0.4 is 24.8 Å². The molecule has 0 spiro atoms. The molecule has 1 atom stereocenters. The molecule has 4 heteroatoms. The van der Waals surface area contributed by atoms with Crippen LogP contribution in [-0.4, -0.2) is 10.5 Å². The second kappa shape index (κ2) is 10.6. The smallest absolute Gasteiger partial charge is 1.00 e. The summed E-state index contributed by atoms with van der Waals surface area (Å²) >= 11 is 2.12. The van der Waals surface area contributed by atoms with Gasteiger partial charge in [0.1, 0.15) is 0 Å². The Labute approximate surface area is 174 Å². The van der Waals surface area contributed by atoms with Gasteiger partial charge in [-0.3, -0.25) is 6.08 Å². The molecule has 23 heavy (non-hydrogen) atoms. The summed E-state index contributed by atoms with van der Waals surface area (Å²) in [6.07, 6.45) is 16.1. The van der Waals surface area contributed by atoms with Gasteiger partial charge in [0, 0.05) is 4.75 Å². The fourth-order valence-corrected chi connectivity index (χ4v) is 4.80. The van der Waals surface area contributed by atoms with E-state index in [-0.39, 0.29) is 56.7 Å². The van der Waals surface area contributed by atoms with Crippen molar-refractivity contribution in [2.75, 3.05) is 5.75 Å². The van der Waals surface area contributed by atoms with E-state index in [0.717, 1.165) is 25.0 Å². The largest absolute Gasteiger partial charge is 3.00 e. The van der Waals surface area contributed by atoms with E-state index in [9.17, 15) is 0 Å². The first kappa shape index (κ1) is 25.8. The molecule has 2 aliphatic carbocycles. The van der Waals surface area contributed by atoms with E-state index in [0.29, 0.717) is 0 Å². The van der Waals surface area contributed by atoms with E-state index in [1.165, 1.54) is 11.1 Å². The molecule has 0 aromatic rings. The molecule has 2 aliphatic rings. The molecule has 0 aliphatic heterocycles. The third-order valence-electron chi connectivity index (χ3n) is 4.09. The minimum atomic E-state index is 0. The summed E-state index contributed by atoms with van der Waals surface area (Å²) < 4.78 is 0.226. The monoisotopic (exact) mass is 405 g/mol. The van der Waals surface area contributed by atoms with Gasteiger partial charge < -0.3 is 24.8 Å². The molecule has 0 N–H and O–H groups in total. The maximum atomic E-state index is 3.51. The van der Waals surface area contributed by atoms with Crippen molar-refractivity contribution < 1.29 is 46.5 Å². The predicted molar refractivity (Wildman–Crippen MR) is 91.9 cm³/mol. The van der Waals surface area contributed by atoms with Gasteiger partial charge in [-0.25, -0.2) is 11.6 Å². The molecule has 0 heterocycles. The van der Waals surface area contributed by atoms with Crippen LogP contribution in [0, 0.1) is 11.5 Å². The van der Waals surface area contributed by atoms with Crippen molar-refractivity contribution >= 4 is 11.8 Å². The van der Waals surface area contributed by atoms with Gasteiger partial charge in [-0.2, -0.15) is 17.8 Å². The third-order valence-corrected chi connectivity index (χ3v) is 5.46. The molecule has 0 amide bonds. The minimum absolute atomic E-state index is 0. The van der Waals surface area contributed by atoms with E-state index in [1.807, 2.05) is 0 Å². The Bertz CT molecular complexity index is 498. The Balaban J connectivity index is 0. The first-order valence-electron chi connectivity index (χ1n) is 7.67. The Hall–Kier alpha value is 0.604. The second-order valence-electron chi connectivity index (χ2n) is 6.87. The van der Waals surface area contributed by atoms with Gasteiger partial charge in [0.15, 0.2) is 0 Å². The summed E-state index contributed by atoms with van der Waals surface area (Å²) in [5.74, 6) is 1.16. The van der Waals surface area contributed by atoms with E-state index < -0.39 is 0 Å². The van der Waals surface area contributed by atoms with Gasteiger partial charge in [-0.15, -0.1) is 6.42 Å². The number of rotatable bonds is 4. The number of hydrogen-bond acceptors (Lipinski definition) is 1. The van der Waals surface area contributed by atoms with Gasteiger partial charge in [-0.05, 0) is 36.5 Å². The molecular weight excluding hydrogens is 379 g/mol. The first-order chi connectivity index (χ1) is 9.37. The summed E-state index contributed by atoms with van der Waals surface area (Å²) in [6.45, 7) is 11.6. The minimum Gasteiger partial charge on any atom is -1.00 e. The van der Waals surface area contributed by atoms with Gasteiger partial charge in [0.2, 0.25) is 0 Å². The number of thioether (sulfide) groups is 1. The number of hydrogen-bond donors (Lipinski definition) is 0. The van der Waals surface area contributed by atoms with Crippen LogP contribution in [0.3, 0.4) is 0 Å². The van der Waals surface area contributed by atoms with Gasteiger partial charge in [-0.1, -0.05) is 45.4 Å². The zero-order chi connectivity index (χ0) is 14.8. The molecule has 0 bridgehead atoms. The summed E-state index contributed by atoms with van der Waals surface area (Å²) in [5, 5.41) is 0. The number of halogens is 2. The van der Waals surface area contributed by atoms with Crippen molar-refractivity contribution in [3.05, 3.63) is 47.1 Å². The van der Waals surface area contributed by atoms with Gasteiger partial charge in [0.25, 0.3) is 0 Å². The van der Waals surface area contributed by atoms with Crippen molar-refractivity contribution in [1.29, 1.82) is 0 Å². The van der Waals surface area contributed by atoms with E-state index >= 15 is 0 Å². The van der Waals surface area contributed by atoms with Crippen molar-refractivity contribution in [1.82, 2.24) is 0 Å². The zero-order valence-corrected chi connectivity index (χ0v) is 18.7. The normalized spacial score (nSPS) is 22.9. The Morgan fingerprint density at radius 3 is 2.39 bits per heavy atom. The van der Waals surface area contributed by atoms with Crippen molar-refractivity contribution in [3.8, 4) is 0 Å². The second-order valence-corrected chi connectivity index (χ2v) is 8.52. The molecule has 0 saturated carbocycles. The Kier molecular flexibility index (Phi) is 11.9. The molecule has 1 radical (unpaired) electrons. The summed E-state index contributed by atoms with van der Waals surface area (Å²) in [5.41, 5.74) is 4.64. The quantitative estimate of drug-likeness (QED) is 0.464. The zero-order valence-electron chi connectivity index (χ0n) is 14.8. The van der Waals surface area contributed by atoms with Crippen molar-refractivity contribution in [2.45, 2.75) is 58.6 Å². The van der Waals surface area contributed by atoms with E-state index in [2.05, 4.69) is 76.8 Å². The Morgan fingerprint density at radius 2 is 1.91 bits per heavy atom. The van der Waals surface area contributed by atoms with Crippen LogP contribution in [0.25, 0.3) is 0 Å². The Morgan fingerprint density at radius 1 is 1.26 bits per heavy atom. The maximum Gasteiger partial charge on any atom is 3.00 e. The number of allylic oxidation sites excluding steroid dienone is 7. The molecule has 127 valence electrons. The van der Waals surface area contributed by atoms with E-state index in [1.54, 1.807) is 5.57 Å². The van der Waals surface area contributed by atoms with Crippen LogP contribution in [0.4, 0.5) is 0 Å². The molecule has 2 rings (SSSR count). The molecule has 0 saturated heterocycles. The first-order valence-corrected chi connectivity index (χ1v) is 8.65. The van der Waals surface area contributed by atoms with Crippen LogP contribution in [0.2, 0.25) is 0 Å². The fourth-order valence-electron chi connectivity index (χ4n) is 3.26. The summed E-state index contributed by atoms with van der Waals surface area (Å²) in [6, 6.07) is 0. The van der Waals surface area contributed by atoms with Crippen LogP contribution in [0.15, 0.2) is 41.0 Å². The van der Waals surface area contributed by atoms with E-state index in [4.69, 9.17) is 0 Å². The van der Waals surface area contributed by atoms with Gasteiger partial charge in [0.05, 0.1) is 0 Å². The molecule has 0 aromatic heterocycles. The molecule has 0 fully saturated rings. The third kappa shape index (κ3) is 6.44.